The van der Waals surface area contributed by atoms with Crippen molar-refractivity contribution in [2.24, 2.45) is 0 Å². The van der Waals surface area contributed by atoms with E-state index in [-0.39, 0.29) is 13.2 Å². The highest BCUT2D eigenvalue weighted by atomic mass is 16.6. The molecule has 0 aliphatic carbocycles. The molecule has 16 heavy (non-hydrogen) atoms. The average molecular weight is 222 g/mol. The van der Waals surface area contributed by atoms with Gasteiger partial charge < -0.3 is 14.6 Å². The van der Waals surface area contributed by atoms with E-state index in [1.165, 1.54) is 0 Å². The lowest BCUT2D eigenvalue weighted by atomic mass is 10.3. The molecule has 0 aliphatic heterocycles. The molecule has 0 spiro atoms. The van der Waals surface area contributed by atoms with Crippen molar-refractivity contribution < 1.29 is 19.4 Å². The third-order valence-electron chi connectivity index (χ3n) is 1.83. The number of hydrogen-bond acceptors (Lipinski definition) is 4. The van der Waals surface area contributed by atoms with Crippen LogP contribution in [0, 0.1) is 0 Å². The Labute approximate surface area is 94.1 Å². The molecule has 0 aliphatic rings. The standard InChI is InChI=1S/C12H14O4/c1-2-12(14)16-11(8-13)9-15-10-6-4-3-5-7-10/h2-7,11,13H,1,8-9H2/t11-/m1/s1. The number of aliphatic hydroxyl groups excluding tert-OH is 1. The average Bonchev–Trinajstić information content (AvgIpc) is 2.35. The molecule has 86 valence electrons. The normalized spacial score (nSPS) is 11.6. The first-order chi connectivity index (χ1) is 7.76. The maximum atomic E-state index is 10.9. The maximum Gasteiger partial charge on any atom is 0.330 e. The lowest BCUT2D eigenvalue weighted by molar-refractivity contribution is -0.146. The molecule has 0 bridgehead atoms. The van der Waals surface area contributed by atoms with Crippen LogP contribution < -0.4 is 4.74 Å². The van der Waals surface area contributed by atoms with Crippen LogP contribution in [0.4, 0.5) is 0 Å². The first-order valence-corrected chi connectivity index (χ1v) is 4.88. The molecule has 0 saturated heterocycles. The highest BCUT2D eigenvalue weighted by molar-refractivity contribution is 5.81. The summed E-state index contributed by atoms with van der Waals surface area (Å²) in [6, 6.07) is 9.10. The number of aliphatic hydroxyl groups is 1. The lowest BCUT2D eigenvalue weighted by Crippen LogP contribution is -2.27. The highest BCUT2D eigenvalue weighted by Crippen LogP contribution is 2.09. The number of benzene rings is 1. The van der Waals surface area contributed by atoms with Crippen LogP contribution in [0.3, 0.4) is 0 Å². The van der Waals surface area contributed by atoms with Crippen LogP contribution in [0.25, 0.3) is 0 Å². The van der Waals surface area contributed by atoms with Crippen LogP contribution in [-0.2, 0) is 9.53 Å². The zero-order chi connectivity index (χ0) is 11.8. The Hall–Kier alpha value is -1.81. The first kappa shape index (κ1) is 12.3. The van der Waals surface area contributed by atoms with Crippen molar-refractivity contribution in [3.05, 3.63) is 43.0 Å². The molecule has 0 aromatic heterocycles. The number of esters is 1. The second kappa shape index (κ2) is 6.63. The molecular weight excluding hydrogens is 208 g/mol. The Morgan fingerprint density at radius 1 is 1.44 bits per heavy atom. The van der Waals surface area contributed by atoms with Crippen LogP contribution in [0.2, 0.25) is 0 Å². The minimum atomic E-state index is -0.675. The first-order valence-electron chi connectivity index (χ1n) is 4.88. The molecule has 0 heterocycles. The van der Waals surface area contributed by atoms with Gasteiger partial charge in [-0.1, -0.05) is 24.8 Å². The van der Waals surface area contributed by atoms with E-state index in [1.807, 2.05) is 18.2 Å². The topological polar surface area (TPSA) is 55.8 Å². The van der Waals surface area contributed by atoms with E-state index in [0.29, 0.717) is 5.75 Å². The van der Waals surface area contributed by atoms with E-state index in [0.717, 1.165) is 6.08 Å². The van der Waals surface area contributed by atoms with Crippen molar-refractivity contribution in [1.29, 1.82) is 0 Å². The number of rotatable bonds is 6. The fraction of sp³-hybridized carbons (Fsp3) is 0.250. The molecule has 1 atom stereocenters. The fourth-order valence-corrected chi connectivity index (χ4v) is 1.04. The second-order valence-corrected chi connectivity index (χ2v) is 3.07. The smallest absolute Gasteiger partial charge is 0.330 e. The van der Waals surface area contributed by atoms with Gasteiger partial charge in [0, 0.05) is 6.08 Å². The van der Waals surface area contributed by atoms with E-state index >= 15 is 0 Å². The van der Waals surface area contributed by atoms with Gasteiger partial charge in [-0.25, -0.2) is 4.79 Å². The molecular formula is C12H14O4. The van der Waals surface area contributed by atoms with E-state index in [4.69, 9.17) is 14.6 Å². The number of carbonyl (C=O) groups excluding carboxylic acids is 1. The van der Waals surface area contributed by atoms with Crippen LogP contribution in [0.1, 0.15) is 0 Å². The predicted octanol–water partition coefficient (Wildman–Crippen LogP) is 1.16. The number of ether oxygens (including phenoxy) is 2. The van der Waals surface area contributed by atoms with Gasteiger partial charge in [0.2, 0.25) is 0 Å². The Kier molecular flexibility index (Phi) is 5.08. The molecule has 4 heteroatoms. The van der Waals surface area contributed by atoms with E-state index in [1.54, 1.807) is 12.1 Å². The van der Waals surface area contributed by atoms with Gasteiger partial charge in [-0.2, -0.15) is 0 Å². The van der Waals surface area contributed by atoms with Gasteiger partial charge in [-0.15, -0.1) is 0 Å². The summed E-state index contributed by atoms with van der Waals surface area (Å²) in [5.41, 5.74) is 0. The van der Waals surface area contributed by atoms with Gasteiger partial charge in [0.15, 0.2) is 6.10 Å². The quantitative estimate of drug-likeness (QED) is 0.579. The zero-order valence-corrected chi connectivity index (χ0v) is 8.83. The molecule has 1 aromatic carbocycles. The summed E-state index contributed by atoms with van der Waals surface area (Å²) in [5, 5.41) is 8.96. The highest BCUT2D eigenvalue weighted by Gasteiger charge is 2.12. The fourth-order valence-electron chi connectivity index (χ4n) is 1.04. The minimum absolute atomic E-state index is 0.111. The Balaban J connectivity index is 2.40. The van der Waals surface area contributed by atoms with Gasteiger partial charge in [0.05, 0.1) is 6.61 Å². The monoisotopic (exact) mass is 222 g/mol. The predicted molar refractivity (Wildman–Crippen MR) is 59.1 cm³/mol. The molecule has 1 aromatic rings. The van der Waals surface area contributed by atoms with E-state index < -0.39 is 12.1 Å². The third kappa shape index (κ3) is 4.14. The van der Waals surface area contributed by atoms with Gasteiger partial charge >= 0.3 is 5.97 Å². The Bertz CT molecular complexity index is 334. The zero-order valence-electron chi connectivity index (χ0n) is 8.83. The summed E-state index contributed by atoms with van der Waals surface area (Å²) >= 11 is 0. The molecule has 0 radical (unpaired) electrons. The van der Waals surface area contributed by atoms with Gasteiger partial charge in [0.25, 0.3) is 0 Å². The van der Waals surface area contributed by atoms with Crippen LogP contribution in [-0.4, -0.2) is 30.4 Å². The summed E-state index contributed by atoms with van der Waals surface area (Å²) in [7, 11) is 0. The van der Waals surface area contributed by atoms with Crippen molar-refractivity contribution in [3.8, 4) is 5.75 Å². The molecule has 0 fully saturated rings. The van der Waals surface area contributed by atoms with Crippen LogP contribution in [0.5, 0.6) is 5.75 Å². The molecule has 0 saturated carbocycles. The second-order valence-electron chi connectivity index (χ2n) is 3.07. The molecule has 0 unspecified atom stereocenters. The van der Waals surface area contributed by atoms with Gasteiger partial charge in [-0.05, 0) is 12.1 Å². The summed E-state index contributed by atoms with van der Waals surface area (Å²) in [6.45, 7) is 3.10. The van der Waals surface area contributed by atoms with Crippen LogP contribution in [0.15, 0.2) is 43.0 Å². The number of carbonyl (C=O) groups is 1. The SMILES string of the molecule is C=CC(=O)O[C@H](CO)COc1ccccc1. The summed E-state index contributed by atoms with van der Waals surface area (Å²) < 4.78 is 10.2. The maximum absolute atomic E-state index is 10.9. The van der Waals surface area contributed by atoms with Crippen molar-refractivity contribution in [1.82, 2.24) is 0 Å². The number of hydrogen-bond donors (Lipinski definition) is 1. The van der Waals surface area contributed by atoms with Crippen molar-refractivity contribution >= 4 is 5.97 Å². The van der Waals surface area contributed by atoms with E-state index in [2.05, 4.69) is 6.58 Å². The van der Waals surface area contributed by atoms with Crippen molar-refractivity contribution in [3.63, 3.8) is 0 Å². The minimum Gasteiger partial charge on any atom is -0.490 e. The van der Waals surface area contributed by atoms with Gasteiger partial charge in [-0.3, -0.25) is 0 Å². The van der Waals surface area contributed by atoms with Crippen LogP contribution >= 0.6 is 0 Å². The molecule has 0 amide bonds. The third-order valence-corrected chi connectivity index (χ3v) is 1.83. The molecule has 1 rings (SSSR count). The largest absolute Gasteiger partial charge is 0.490 e. The molecule has 1 N–H and O–H groups in total. The summed E-state index contributed by atoms with van der Waals surface area (Å²) in [5.74, 6) is 0.0892. The van der Waals surface area contributed by atoms with Crippen molar-refractivity contribution in [2.45, 2.75) is 6.10 Å². The number of para-hydroxylation sites is 1. The lowest BCUT2D eigenvalue weighted by Gasteiger charge is -2.15. The summed E-state index contributed by atoms with van der Waals surface area (Å²) in [4.78, 5) is 10.9. The molecule has 4 nitrogen and oxygen atoms in total. The van der Waals surface area contributed by atoms with Crippen molar-refractivity contribution in [2.75, 3.05) is 13.2 Å². The summed E-state index contributed by atoms with van der Waals surface area (Å²) in [6.07, 6.45) is 0.372. The van der Waals surface area contributed by atoms with E-state index in [9.17, 15) is 4.79 Å². The Morgan fingerprint density at radius 3 is 2.69 bits per heavy atom. The van der Waals surface area contributed by atoms with Gasteiger partial charge in [0.1, 0.15) is 12.4 Å². The Morgan fingerprint density at radius 2 is 2.12 bits per heavy atom.